The first kappa shape index (κ1) is 15.3. The highest BCUT2D eigenvalue weighted by atomic mass is 19.1. The van der Waals surface area contributed by atoms with Crippen LogP contribution in [0.4, 0.5) is 4.39 Å². The van der Waals surface area contributed by atoms with E-state index in [1.807, 2.05) is 12.1 Å². The molecule has 0 N–H and O–H groups in total. The molecule has 1 saturated heterocycles. The van der Waals surface area contributed by atoms with E-state index in [2.05, 4.69) is 29.2 Å². The van der Waals surface area contributed by atoms with Crippen LogP contribution in [0.3, 0.4) is 0 Å². The number of nitrogens with zero attached hydrogens (tertiary/aromatic N) is 1. The Morgan fingerprint density at radius 1 is 1.23 bits per heavy atom. The van der Waals surface area contributed by atoms with Crippen molar-refractivity contribution < 1.29 is 13.9 Å². The molecule has 0 bridgehead atoms. The Morgan fingerprint density at radius 3 is 2.86 bits per heavy atom. The van der Waals surface area contributed by atoms with Gasteiger partial charge in [0.05, 0.1) is 26.5 Å². The number of ether oxygens (including phenoxy) is 2. The Hall–Kier alpha value is -1.65. The van der Waals surface area contributed by atoms with Gasteiger partial charge >= 0.3 is 0 Å². The lowest BCUT2D eigenvalue weighted by Crippen LogP contribution is -2.38. The monoisotopic (exact) mass is 303 g/mol. The van der Waals surface area contributed by atoms with Crippen molar-refractivity contribution in [2.75, 3.05) is 40.0 Å². The summed E-state index contributed by atoms with van der Waals surface area (Å²) in [5.41, 5.74) is 1.18. The predicted molar refractivity (Wildman–Crippen MR) is 86.2 cm³/mol. The van der Waals surface area contributed by atoms with E-state index in [0.717, 1.165) is 30.8 Å². The highest BCUT2D eigenvalue weighted by Crippen LogP contribution is 2.27. The molecular formula is C18H22FNO2. The van der Waals surface area contributed by atoms with Crippen LogP contribution in [0.15, 0.2) is 36.4 Å². The van der Waals surface area contributed by atoms with Crippen LogP contribution in [0.1, 0.15) is 18.1 Å². The highest BCUT2D eigenvalue weighted by molar-refractivity contribution is 5.84. The lowest BCUT2D eigenvalue weighted by molar-refractivity contribution is -0.0305. The summed E-state index contributed by atoms with van der Waals surface area (Å²) in [5.74, 6) is 0.867. The molecule has 2 aromatic carbocycles. The number of benzene rings is 2. The van der Waals surface area contributed by atoms with Crippen molar-refractivity contribution in [2.24, 2.45) is 0 Å². The fraction of sp³-hybridized carbons (Fsp3) is 0.444. The Kier molecular flexibility index (Phi) is 4.90. The van der Waals surface area contributed by atoms with Crippen LogP contribution in [0.25, 0.3) is 10.8 Å². The van der Waals surface area contributed by atoms with Gasteiger partial charge in [0.25, 0.3) is 0 Å². The lowest BCUT2D eigenvalue weighted by atomic mass is 10.0. The molecule has 22 heavy (non-hydrogen) atoms. The average Bonchev–Trinajstić information content (AvgIpc) is 2.59. The molecule has 0 amide bonds. The molecule has 0 saturated carbocycles. The van der Waals surface area contributed by atoms with E-state index in [4.69, 9.17) is 9.47 Å². The molecule has 2 aromatic rings. The first-order chi connectivity index (χ1) is 10.8. The fourth-order valence-electron chi connectivity index (χ4n) is 2.96. The molecule has 1 heterocycles. The zero-order valence-corrected chi connectivity index (χ0v) is 12.9. The van der Waals surface area contributed by atoms with Crippen molar-refractivity contribution in [3.8, 4) is 5.75 Å². The summed E-state index contributed by atoms with van der Waals surface area (Å²) in [4.78, 5) is 2.28. The molecule has 118 valence electrons. The van der Waals surface area contributed by atoms with E-state index in [9.17, 15) is 4.39 Å². The van der Waals surface area contributed by atoms with Gasteiger partial charge in [-0.15, -0.1) is 0 Å². The van der Waals surface area contributed by atoms with Crippen molar-refractivity contribution in [3.05, 3.63) is 42.0 Å². The van der Waals surface area contributed by atoms with Crippen LogP contribution < -0.4 is 4.74 Å². The van der Waals surface area contributed by atoms with Gasteiger partial charge in [0.1, 0.15) is 5.75 Å². The number of rotatable bonds is 5. The largest absolute Gasteiger partial charge is 0.497 e. The van der Waals surface area contributed by atoms with Gasteiger partial charge < -0.3 is 9.47 Å². The number of halogens is 1. The molecule has 0 spiro atoms. The summed E-state index contributed by atoms with van der Waals surface area (Å²) in [6.45, 7) is 2.99. The summed E-state index contributed by atoms with van der Waals surface area (Å²) < 4.78 is 23.5. The standard InChI is InChI=1S/C18H22FNO2/c1-21-17-6-5-14-11-16(4-3-15(14)12-17)18-13-20(8-2-7-19)9-10-22-18/h3-6,11-12,18H,2,7-10,13H2,1H3/t18-/m1/s1. The van der Waals surface area contributed by atoms with E-state index in [-0.39, 0.29) is 12.8 Å². The van der Waals surface area contributed by atoms with Crippen molar-refractivity contribution >= 4 is 10.8 Å². The Morgan fingerprint density at radius 2 is 2.05 bits per heavy atom. The van der Waals surface area contributed by atoms with E-state index >= 15 is 0 Å². The van der Waals surface area contributed by atoms with E-state index in [1.54, 1.807) is 7.11 Å². The minimum absolute atomic E-state index is 0.0693. The summed E-state index contributed by atoms with van der Waals surface area (Å²) >= 11 is 0. The maximum absolute atomic E-state index is 12.3. The van der Waals surface area contributed by atoms with E-state index in [0.29, 0.717) is 13.0 Å². The second kappa shape index (κ2) is 7.07. The number of alkyl halides is 1. The first-order valence-electron chi connectivity index (χ1n) is 7.78. The van der Waals surface area contributed by atoms with Gasteiger partial charge in [-0.3, -0.25) is 9.29 Å². The third kappa shape index (κ3) is 3.39. The molecule has 0 unspecified atom stereocenters. The molecule has 3 nitrogen and oxygen atoms in total. The van der Waals surface area contributed by atoms with E-state index < -0.39 is 0 Å². The van der Waals surface area contributed by atoms with Gasteiger partial charge in [0, 0.05) is 19.6 Å². The van der Waals surface area contributed by atoms with Gasteiger partial charge in [0.15, 0.2) is 0 Å². The Bertz CT molecular complexity index is 632. The number of fused-ring (bicyclic) bond motifs is 1. The maximum Gasteiger partial charge on any atom is 0.119 e. The van der Waals surface area contributed by atoms with Crippen molar-refractivity contribution in [2.45, 2.75) is 12.5 Å². The molecule has 0 radical (unpaired) electrons. The molecule has 4 heteroatoms. The zero-order chi connectivity index (χ0) is 15.4. The second-order valence-corrected chi connectivity index (χ2v) is 5.68. The minimum Gasteiger partial charge on any atom is -0.497 e. The molecule has 1 fully saturated rings. The van der Waals surface area contributed by atoms with Gasteiger partial charge in [-0.1, -0.05) is 18.2 Å². The second-order valence-electron chi connectivity index (χ2n) is 5.68. The van der Waals surface area contributed by atoms with Crippen molar-refractivity contribution in [3.63, 3.8) is 0 Å². The van der Waals surface area contributed by atoms with Gasteiger partial charge in [-0.2, -0.15) is 0 Å². The molecule has 0 aliphatic carbocycles. The normalized spacial score (nSPS) is 19.5. The van der Waals surface area contributed by atoms with Crippen LogP contribution in [-0.2, 0) is 4.74 Å². The number of hydrogen-bond donors (Lipinski definition) is 0. The quantitative estimate of drug-likeness (QED) is 0.842. The van der Waals surface area contributed by atoms with Crippen LogP contribution in [0.2, 0.25) is 0 Å². The van der Waals surface area contributed by atoms with Crippen molar-refractivity contribution in [1.29, 1.82) is 0 Å². The average molecular weight is 303 g/mol. The van der Waals surface area contributed by atoms with Gasteiger partial charge in [-0.25, -0.2) is 0 Å². The van der Waals surface area contributed by atoms with Crippen LogP contribution in [-0.4, -0.2) is 44.9 Å². The molecule has 1 atom stereocenters. The molecule has 0 aromatic heterocycles. The predicted octanol–water partition coefficient (Wildman–Crippen LogP) is 3.58. The maximum atomic E-state index is 12.3. The Labute approximate surface area is 130 Å². The zero-order valence-electron chi connectivity index (χ0n) is 12.9. The summed E-state index contributed by atoms with van der Waals surface area (Å²) in [5, 5.41) is 2.34. The van der Waals surface area contributed by atoms with Crippen LogP contribution in [0, 0.1) is 0 Å². The van der Waals surface area contributed by atoms with Gasteiger partial charge in [0.2, 0.25) is 0 Å². The first-order valence-corrected chi connectivity index (χ1v) is 7.78. The van der Waals surface area contributed by atoms with Crippen LogP contribution in [0.5, 0.6) is 5.75 Å². The molecule has 1 aliphatic heterocycles. The lowest BCUT2D eigenvalue weighted by Gasteiger charge is -2.33. The summed E-state index contributed by atoms with van der Waals surface area (Å²) in [6, 6.07) is 12.5. The smallest absolute Gasteiger partial charge is 0.119 e. The number of morpholine rings is 1. The van der Waals surface area contributed by atoms with Crippen LogP contribution >= 0.6 is 0 Å². The molecular weight excluding hydrogens is 281 g/mol. The summed E-state index contributed by atoms with van der Waals surface area (Å²) in [6.07, 6.45) is 0.671. The third-order valence-electron chi connectivity index (χ3n) is 4.20. The van der Waals surface area contributed by atoms with Gasteiger partial charge in [-0.05, 0) is 41.0 Å². The highest BCUT2D eigenvalue weighted by Gasteiger charge is 2.21. The molecule has 1 aliphatic rings. The summed E-state index contributed by atoms with van der Waals surface area (Å²) in [7, 11) is 1.68. The van der Waals surface area contributed by atoms with Crippen molar-refractivity contribution in [1.82, 2.24) is 4.90 Å². The number of methoxy groups -OCH3 is 1. The topological polar surface area (TPSA) is 21.7 Å². The Balaban J connectivity index is 1.77. The molecule has 3 rings (SSSR count). The number of hydrogen-bond acceptors (Lipinski definition) is 3. The fourth-order valence-corrected chi connectivity index (χ4v) is 2.96. The minimum atomic E-state index is -0.250. The SMILES string of the molecule is COc1ccc2cc([C@H]3CN(CCCF)CCO3)ccc2c1. The van der Waals surface area contributed by atoms with E-state index in [1.165, 1.54) is 10.9 Å². The third-order valence-corrected chi connectivity index (χ3v) is 4.20.